The van der Waals surface area contributed by atoms with E-state index in [1.54, 1.807) is 45.1 Å². The fourth-order valence-corrected chi connectivity index (χ4v) is 1.13. The van der Waals surface area contributed by atoms with Gasteiger partial charge in [-0.3, -0.25) is 5.32 Å². The molecule has 0 aromatic carbocycles. The molecule has 0 atom stereocenters. The van der Waals surface area contributed by atoms with E-state index in [0.717, 1.165) is 0 Å². The molecule has 0 spiro atoms. The van der Waals surface area contributed by atoms with Crippen LogP contribution in [0.1, 0.15) is 20.8 Å². The van der Waals surface area contributed by atoms with Crippen LogP contribution in [0.5, 0.6) is 0 Å². The number of allylic oxidation sites excluding steroid dienone is 4. The molecular weight excluding hydrogens is 240 g/mol. The van der Waals surface area contributed by atoms with Gasteiger partial charge in [0.2, 0.25) is 0 Å². The van der Waals surface area contributed by atoms with Gasteiger partial charge in [0.25, 0.3) is 0 Å². The molecule has 1 aliphatic heterocycles. The molecule has 0 aromatic heterocycles. The third-order valence-electron chi connectivity index (χ3n) is 1.59. The minimum Gasteiger partial charge on any atom is -0.444 e. The summed E-state index contributed by atoms with van der Waals surface area (Å²) in [6.45, 7) is 5.39. The monoisotopic (exact) mass is 254 g/mol. The zero-order valence-corrected chi connectivity index (χ0v) is 10.8. The van der Waals surface area contributed by atoms with E-state index in [0.29, 0.717) is 10.9 Å². The van der Waals surface area contributed by atoms with Crippen molar-refractivity contribution in [1.29, 1.82) is 0 Å². The number of carbonyl (C=O) groups excluding carboxylic acids is 1. The highest BCUT2D eigenvalue weighted by molar-refractivity contribution is 6.68. The number of amides is 1. The van der Waals surface area contributed by atoms with Gasteiger partial charge in [0, 0.05) is 0 Å². The van der Waals surface area contributed by atoms with Crippen molar-refractivity contribution in [3.8, 4) is 0 Å². The van der Waals surface area contributed by atoms with Gasteiger partial charge in [-0.25, -0.2) is 9.79 Å². The molecule has 17 heavy (non-hydrogen) atoms. The highest BCUT2D eigenvalue weighted by Crippen LogP contribution is 2.08. The van der Waals surface area contributed by atoms with Gasteiger partial charge in [0.15, 0.2) is 0 Å². The zero-order valence-electron chi connectivity index (χ0n) is 10.0. The lowest BCUT2D eigenvalue weighted by molar-refractivity contribution is 0.0548. The second-order valence-corrected chi connectivity index (χ2v) is 4.77. The van der Waals surface area contributed by atoms with Gasteiger partial charge >= 0.3 is 6.09 Å². The molecule has 4 nitrogen and oxygen atoms in total. The van der Waals surface area contributed by atoms with Crippen molar-refractivity contribution in [2.45, 2.75) is 26.4 Å². The van der Waals surface area contributed by atoms with Crippen LogP contribution in [0.3, 0.4) is 0 Å². The third-order valence-corrected chi connectivity index (χ3v) is 1.82. The van der Waals surface area contributed by atoms with Gasteiger partial charge in [-0.1, -0.05) is 23.8 Å². The lowest BCUT2D eigenvalue weighted by Crippen LogP contribution is -2.31. The van der Waals surface area contributed by atoms with Crippen molar-refractivity contribution < 1.29 is 9.53 Å². The number of ether oxygens (including phenoxy) is 1. The SMILES string of the molecule is CC(C)(C)OC(=O)NC1=CN=C(Cl)/C=C\C=C1. The van der Waals surface area contributed by atoms with E-state index in [4.69, 9.17) is 16.3 Å². The molecule has 92 valence electrons. The molecular formula is C12H15ClN2O2. The molecule has 1 rings (SSSR count). The Bertz CT molecular complexity index is 415. The predicted molar refractivity (Wildman–Crippen MR) is 69.0 cm³/mol. The molecule has 1 aliphatic rings. The van der Waals surface area contributed by atoms with Crippen molar-refractivity contribution >= 4 is 22.9 Å². The first-order chi connectivity index (χ1) is 7.87. The Hall–Kier alpha value is -1.55. The average Bonchev–Trinajstić information content (AvgIpc) is 2.14. The quantitative estimate of drug-likeness (QED) is 0.782. The van der Waals surface area contributed by atoms with Crippen LogP contribution < -0.4 is 5.32 Å². The molecule has 5 heteroatoms. The maximum Gasteiger partial charge on any atom is 0.412 e. The molecule has 0 saturated heterocycles. The van der Waals surface area contributed by atoms with E-state index in [1.165, 1.54) is 6.20 Å². The number of alkyl carbamates (subject to hydrolysis) is 1. The van der Waals surface area contributed by atoms with Crippen LogP contribution in [0.25, 0.3) is 0 Å². The number of rotatable bonds is 1. The van der Waals surface area contributed by atoms with E-state index in [-0.39, 0.29) is 0 Å². The van der Waals surface area contributed by atoms with Crippen LogP contribution >= 0.6 is 11.6 Å². The number of halogens is 1. The summed E-state index contributed by atoms with van der Waals surface area (Å²) in [6.07, 6.45) is 7.78. The molecule has 0 bridgehead atoms. The zero-order chi connectivity index (χ0) is 12.9. The highest BCUT2D eigenvalue weighted by atomic mass is 35.5. The van der Waals surface area contributed by atoms with Crippen LogP contribution in [-0.2, 0) is 4.74 Å². The molecule has 1 amide bonds. The van der Waals surface area contributed by atoms with Crippen LogP contribution in [-0.4, -0.2) is 16.9 Å². The Balaban J connectivity index is 2.65. The smallest absolute Gasteiger partial charge is 0.412 e. The van der Waals surface area contributed by atoms with E-state index in [1.807, 2.05) is 0 Å². The first-order valence-corrected chi connectivity index (χ1v) is 5.53. The van der Waals surface area contributed by atoms with Gasteiger partial charge in [0.05, 0.1) is 11.9 Å². The van der Waals surface area contributed by atoms with E-state index in [2.05, 4.69) is 10.3 Å². The topological polar surface area (TPSA) is 50.7 Å². The first kappa shape index (κ1) is 13.5. The van der Waals surface area contributed by atoms with Crippen molar-refractivity contribution in [3.05, 3.63) is 36.2 Å². The number of nitrogens with one attached hydrogen (secondary N) is 1. The average molecular weight is 255 g/mol. The minimum absolute atomic E-state index is 0.345. The predicted octanol–water partition coefficient (Wildman–Crippen LogP) is 3.12. The Morgan fingerprint density at radius 1 is 1.35 bits per heavy atom. The van der Waals surface area contributed by atoms with Gasteiger partial charge in [-0.15, -0.1) is 0 Å². The van der Waals surface area contributed by atoms with Crippen LogP contribution in [0.4, 0.5) is 4.79 Å². The fraction of sp³-hybridized carbons (Fsp3) is 0.333. The Morgan fingerprint density at radius 2 is 2.00 bits per heavy atom. The summed E-state index contributed by atoms with van der Waals surface area (Å²) in [5.74, 6) is 0. The minimum atomic E-state index is -0.531. The van der Waals surface area contributed by atoms with Crippen LogP contribution in [0.2, 0.25) is 0 Å². The molecule has 0 fully saturated rings. The third kappa shape index (κ3) is 5.92. The second kappa shape index (κ2) is 5.68. The van der Waals surface area contributed by atoms with Gasteiger partial charge in [-0.05, 0) is 32.9 Å². The standard InChI is InChI=1S/C12H15ClN2O2/c1-12(2,3)17-11(16)15-9-6-4-5-7-10(13)14-8-9/h4-8H,1-3H3,(H,15,16)/b5-4?,6-4?,7-5-,9-6?,9-8?,10-7?,14-8?,14-10?. The lowest BCUT2D eigenvalue weighted by Gasteiger charge is -2.19. The number of carbonyl (C=O) groups is 1. The fourth-order valence-electron chi connectivity index (χ4n) is 1.01. The number of hydrogen-bond acceptors (Lipinski definition) is 3. The van der Waals surface area contributed by atoms with E-state index >= 15 is 0 Å². The van der Waals surface area contributed by atoms with Crippen molar-refractivity contribution in [2.75, 3.05) is 0 Å². The molecule has 1 N–H and O–H groups in total. The Kier molecular flexibility index (Phi) is 4.52. The molecule has 0 aliphatic carbocycles. The molecule has 1 heterocycles. The Labute approximate surface area is 106 Å². The first-order valence-electron chi connectivity index (χ1n) is 5.15. The normalized spacial score (nSPS) is 17.4. The van der Waals surface area contributed by atoms with Gasteiger partial charge in [0.1, 0.15) is 10.8 Å². The summed E-state index contributed by atoms with van der Waals surface area (Å²) in [5.41, 5.74) is -0.0155. The van der Waals surface area contributed by atoms with Crippen molar-refractivity contribution in [2.24, 2.45) is 4.99 Å². The summed E-state index contributed by atoms with van der Waals surface area (Å²) >= 11 is 5.74. The molecule has 0 saturated carbocycles. The van der Waals surface area contributed by atoms with Gasteiger partial charge in [-0.2, -0.15) is 0 Å². The van der Waals surface area contributed by atoms with E-state index in [9.17, 15) is 4.79 Å². The number of hydrogen-bond donors (Lipinski definition) is 1. The summed E-state index contributed by atoms with van der Waals surface area (Å²) in [4.78, 5) is 15.4. The van der Waals surface area contributed by atoms with Crippen molar-refractivity contribution in [1.82, 2.24) is 5.32 Å². The maximum absolute atomic E-state index is 11.5. The summed E-state index contributed by atoms with van der Waals surface area (Å²) < 4.78 is 5.12. The Morgan fingerprint density at radius 3 is 2.65 bits per heavy atom. The largest absolute Gasteiger partial charge is 0.444 e. The summed E-state index contributed by atoms with van der Waals surface area (Å²) in [5, 5.41) is 2.92. The number of nitrogens with zero attached hydrogens (tertiary/aromatic N) is 1. The van der Waals surface area contributed by atoms with Crippen LogP contribution in [0, 0.1) is 0 Å². The van der Waals surface area contributed by atoms with E-state index < -0.39 is 11.7 Å². The molecule has 0 unspecified atom stereocenters. The molecule has 0 radical (unpaired) electrons. The summed E-state index contributed by atoms with van der Waals surface area (Å²) in [7, 11) is 0. The maximum atomic E-state index is 11.5. The highest BCUT2D eigenvalue weighted by Gasteiger charge is 2.16. The lowest BCUT2D eigenvalue weighted by atomic mass is 10.2. The summed E-state index contributed by atoms with van der Waals surface area (Å²) in [6, 6.07) is 0. The van der Waals surface area contributed by atoms with Gasteiger partial charge < -0.3 is 4.74 Å². The number of aliphatic imine (C=N–C) groups is 1. The van der Waals surface area contributed by atoms with Crippen molar-refractivity contribution in [3.63, 3.8) is 0 Å². The second-order valence-electron chi connectivity index (χ2n) is 4.38. The van der Waals surface area contributed by atoms with Crippen LogP contribution in [0.15, 0.2) is 41.2 Å². The molecule has 0 aromatic rings.